The number of hydrogen-bond acceptors (Lipinski definition) is 5. The second-order valence-electron chi connectivity index (χ2n) is 4.91. The fourth-order valence-electron chi connectivity index (χ4n) is 1.60. The number of aliphatic hydroxyl groups is 1. The van der Waals surface area contributed by atoms with Crippen molar-refractivity contribution >= 4 is 10.0 Å². The summed E-state index contributed by atoms with van der Waals surface area (Å²) in [5.41, 5.74) is 0. The Kier molecular flexibility index (Phi) is 4.62. The summed E-state index contributed by atoms with van der Waals surface area (Å²) in [4.78, 5) is 0. The molecule has 0 aromatic carbocycles. The number of rotatable bonds is 8. The lowest BCUT2D eigenvalue weighted by molar-refractivity contribution is 0.186. The number of sulfonamides is 1. The summed E-state index contributed by atoms with van der Waals surface area (Å²) in [6.45, 7) is 2.35. The molecule has 1 fully saturated rings. The SMILES string of the molecule is CC(O)CCNS(=O)(=O)c1ccc(CNC2CC2)o1. The van der Waals surface area contributed by atoms with Crippen molar-refractivity contribution in [3.05, 3.63) is 17.9 Å². The molecule has 0 amide bonds. The average molecular weight is 288 g/mol. The van der Waals surface area contributed by atoms with Crippen LogP contribution in [0.4, 0.5) is 0 Å². The Labute approximate surface area is 113 Å². The molecule has 2 rings (SSSR count). The first-order chi connectivity index (χ1) is 8.97. The minimum Gasteiger partial charge on any atom is -0.447 e. The van der Waals surface area contributed by atoms with E-state index in [2.05, 4.69) is 10.0 Å². The van der Waals surface area contributed by atoms with Crippen molar-refractivity contribution in [2.24, 2.45) is 0 Å². The van der Waals surface area contributed by atoms with E-state index in [-0.39, 0.29) is 11.6 Å². The minimum absolute atomic E-state index is 0.0781. The Morgan fingerprint density at radius 3 is 2.84 bits per heavy atom. The zero-order valence-corrected chi connectivity index (χ0v) is 11.7. The van der Waals surface area contributed by atoms with Crippen molar-refractivity contribution in [3.63, 3.8) is 0 Å². The van der Waals surface area contributed by atoms with Gasteiger partial charge >= 0.3 is 0 Å². The van der Waals surface area contributed by atoms with E-state index < -0.39 is 16.1 Å². The third-order valence-corrected chi connectivity index (χ3v) is 4.23. The fourth-order valence-corrected chi connectivity index (χ4v) is 2.60. The first-order valence-electron chi connectivity index (χ1n) is 6.47. The molecule has 1 aliphatic carbocycles. The molecule has 19 heavy (non-hydrogen) atoms. The summed E-state index contributed by atoms with van der Waals surface area (Å²) in [7, 11) is -3.61. The second kappa shape index (κ2) is 6.04. The first-order valence-corrected chi connectivity index (χ1v) is 7.95. The van der Waals surface area contributed by atoms with Gasteiger partial charge in [-0.25, -0.2) is 13.1 Å². The quantitative estimate of drug-likeness (QED) is 0.651. The molecule has 7 heteroatoms. The van der Waals surface area contributed by atoms with E-state index in [0.29, 0.717) is 24.8 Å². The van der Waals surface area contributed by atoms with Gasteiger partial charge in [0.15, 0.2) is 0 Å². The van der Waals surface area contributed by atoms with Crippen molar-refractivity contribution in [1.29, 1.82) is 0 Å². The molecule has 1 atom stereocenters. The van der Waals surface area contributed by atoms with Crippen LogP contribution in [0.1, 0.15) is 31.9 Å². The Balaban J connectivity index is 1.87. The molecule has 1 aromatic heterocycles. The Morgan fingerprint density at radius 2 is 2.21 bits per heavy atom. The molecule has 1 aliphatic rings. The van der Waals surface area contributed by atoms with Gasteiger partial charge in [-0.2, -0.15) is 0 Å². The summed E-state index contributed by atoms with van der Waals surface area (Å²) in [6.07, 6.45) is 2.19. The molecular formula is C12H20N2O4S. The summed E-state index contributed by atoms with van der Waals surface area (Å²) in [5.74, 6) is 0.614. The summed E-state index contributed by atoms with van der Waals surface area (Å²) in [6, 6.07) is 3.67. The number of nitrogens with one attached hydrogen (secondary N) is 2. The van der Waals surface area contributed by atoms with Gasteiger partial charge in [0.25, 0.3) is 10.0 Å². The first kappa shape index (κ1) is 14.5. The second-order valence-corrected chi connectivity index (χ2v) is 6.61. The lowest BCUT2D eigenvalue weighted by Crippen LogP contribution is -2.26. The Bertz CT molecular complexity index is 506. The van der Waals surface area contributed by atoms with E-state index >= 15 is 0 Å². The van der Waals surface area contributed by atoms with Crippen molar-refractivity contribution in [2.45, 2.75) is 50.0 Å². The zero-order chi connectivity index (χ0) is 13.9. The van der Waals surface area contributed by atoms with Gasteiger partial charge in [0.05, 0.1) is 12.6 Å². The molecule has 3 N–H and O–H groups in total. The van der Waals surface area contributed by atoms with Crippen LogP contribution in [0.5, 0.6) is 0 Å². The normalized spacial score (nSPS) is 17.6. The largest absolute Gasteiger partial charge is 0.447 e. The lowest BCUT2D eigenvalue weighted by Gasteiger charge is -2.05. The van der Waals surface area contributed by atoms with E-state index in [1.807, 2.05) is 0 Å². The van der Waals surface area contributed by atoms with Crippen LogP contribution in [-0.2, 0) is 16.6 Å². The molecule has 6 nitrogen and oxygen atoms in total. The summed E-state index contributed by atoms with van der Waals surface area (Å²) in [5, 5.41) is 12.3. The predicted octanol–water partition coefficient (Wildman–Crippen LogP) is 0.581. The maximum absolute atomic E-state index is 11.9. The number of hydrogen-bond donors (Lipinski definition) is 3. The van der Waals surface area contributed by atoms with Gasteiger partial charge in [-0.05, 0) is 38.3 Å². The molecule has 1 aromatic rings. The van der Waals surface area contributed by atoms with Gasteiger partial charge in [-0.15, -0.1) is 0 Å². The molecule has 0 spiro atoms. The van der Waals surface area contributed by atoms with E-state index in [0.717, 1.165) is 0 Å². The molecule has 0 aliphatic heterocycles. The Hall–Kier alpha value is -0.890. The number of aliphatic hydroxyl groups excluding tert-OH is 1. The highest BCUT2D eigenvalue weighted by Crippen LogP contribution is 2.20. The van der Waals surface area contributed by atoms with E-state index in [1.165, 1.54) is 18.9 Å². The predicted molar refractivity (Wildman–Crippen MR) is 70.1 cm³/mol. The van der Waals surface area contributed by atoms with Crippen LogP contribution >= 0.6 is 0 Å². The highest BCUT2D eigenvalue weighted by molar-refractivity contribution is 7.89. The smallest absolute Gasteiger partial charge is 0.273 e. The molecule has 0 bridgehead atoms. The monoisotopic (exact) mass is 288 g/mol. The van der Waals surface area contributed by atoms with Crippen LogP contribution in [0.3, 0.4) is 0 Å². The number of furan rings is 1. The summed E-state index contributed by atoms with van der Waals surface area (Å²) < 4.78 is 31.4. The topological polar surface area (TPSA) is 91.6 Å². The summed E-state index contributed by atoms with van der Waals surface area (Å²) >= 11 is 0. The zero-order valence-electron chi connectivity index (χ0n) is 10.9. The van der Waals surface area contributed by atoms with E-state index in [1.54, 1.807) is 13.0 Å². The maximum atomic E-state index is 11.9. The molecule has 108 valence electrons. The highest BCUT2D eigenvalue weighted by Gasteiger charge is 2.22. The van der Waals surface area contributed by atoms with Crippen LogP contribution in [0.2, 0.25) is 0 Å². The minimum atomic E-state index is -3.61. The molecule has 0 radical (unpaired) electrons. The van der Waals surface area contributed by atoms with Gasteiger partial charge < -0.3 is 14.8 Å². The van der Waals surface area contributed by atoms with Crippen molar-refractivity contribution in [2.75, 3.05) is 6.54 Å². The molecule has 0 saturated heterocycles. The van der Waals surface area contributed by atoms with Crippen LogP contribution < -0.4 is 10.0 Å². The highest BCUT2D eigenvalue weighted by atomic mass is 32.2. The maximum Gasteiger partial charge on any atom is 0.273 e. The fraction of sp³-hybridized carbons (Fsp3) is 0.667. The Morgan fingerprint density at radius 1 is 1.47 bits per heavy atom. The van der Waals surface area contributed by atoms with Gasteiger partial charge in [0, 0.05) is 12.6 Å². The van der Waals surface area contributed by atoms with Crippen LogP contribution in [0.15, 0.2) is 21.6 Å². The van der Waals surface area contributed by atoms with Crippen LogP contribution in [-0.4, -0.2) is 32.2 Å². The molecule has 1 unspecified atom stereocenters. The van der Waals surface area contributed by atoms with Gasteiger partial charge in [-0.1, -0.05) is 0 Å². The van der Waals surface area contributed by atoms with Crippen molar-refractivity contribution < 1.29 is 17.9 Å². The van der Waals surface area contributed by atoms with Crippen molar-refractivity contribution in [3.8, 4) is 0 Å². The standard InChI is InChI=1S/C12H20N2O4S/c1-9(15)6-7-14-19(16,17)12-5-4-11(18-12)8-13-10-2-3-10/h4-5,9-10,13-15H,2-3,6-8H2,1H3. The average Bonchev–Trinajstić information content (AvgIpc) is 3.02. The van der Waals surface area contributed by atoms with Crippen LogP contribution in [0.25, 0.3) is 0 Å². The molecular weight excluding hydrogens is 268 g/mol. The third-order valence-electron chi connectivity index (χ3n) is 2.90. The van der Waals surface area contributed by atoms with Gasteiger partial charge in [0.2, 0.25) is 5.09 Å². The third kappa shape index (κ3) is 4.61. The van der Waals surface area contributed by atoms with E-state index in [9.17, 15) is 8.42 Å². The lowest BCUT2D eigenvalue weighted by atomic mass is 10.3. The van der Waals surface area contributed by atoms with Gasteiger partial charge in [0.1, 0.15) is 5.76 Å². The molecule has 1 saturated carbocycles. The van der Waals surface area contributed by atoms with Crippen molar-refractivity contribution in [1.82, 2.24) is 10.0 Å². The van der Waals surface area contributed by atoms with Crippen LogP contribution in [0, 0.1) is 0 Å². The van der Waals surface area contributed by atoms with Gasteiger partial charge in [-0.3, -0.25) is 0 Å². The van der Waals surface area contributed by atoms with E-state index in [4.69, 9.17) is 9.52 Å². The molecule has 1 heterocycles.